The molecule has 0 spiro atoms. The molecule has 1 atom stereocenters. The fourth-order valence-corrected chi connectivity index (χ4v) is 8.91. The van der Waals surface area contributed by atoms with Crippen LogP contribution >= 0.6 is 7.14 Å². The Kier molecular flexibility index (Phi) is 4.18. The van der Waals surface area contributed by atoms with Crippen molar-refractivity contribution in [2.24, 2.45) is 0 Å². The summed E-state index contributed by atoms with van der Waals surface area (Å²) in [5, 5.41) is 5.83. The van der Waals surface area contributed by atoms with Gasteiger partial charge >= 0.3 is 0 Å². The quantitative estimate of drug-likeness (QED) is 0.264. The van der Waals surface area contributed by atoms with Crippen molar-refractivity contribution >= 4 is 55.8 Å². The van der Waals surface area contributed by atoms with Gasteiger partial charge in [-0.25, -0.2) is 9.97 Å². The summed E-state index contributed by atoms with van der Waals surface area (Å²) in [6, 6.07) is 38.6. The van der Waals surface area contributed by atoms with Gasteiger partial charge in [-0.05, 0) is 23.8 Å². The van der Waals surface area contributed by atoms with E-state index < -0.39 is 7.14 Å². The molecule has 0 N–H and O–H groups in total. The van der Waals surface area contributed by atoms with Crippen LogP contribution in [0.4, 0.5) is 0 Å². The van der Waals surface area contributed by atoms with E-state index in [0.717, 1.165) is 59.7 Å². The largest absolute Gasteiger partial charge is 0.309 e. The van der Waals surface area contributed by atoms with E-state index in [-0.39, 0.29) is 0 Å². The molecule has 0 saturated heterocycles. The summed E-state index contributed by atoms with van der Waals surface area (Å²) < 4.78 is 17.2. The molecule has 0 fully saturated rings. The lowest BCUT2D eigenvalue weighted by atomic mass is 10.0. The Balaban J connectivity index is 1.56. The fourth-order valence-electron chi connectivity index (χ4n) is 5.86. The van der Waals surface area contributed by atoms with Crippen molar-refractivity contribution in [3.63, 3.8) is 0 Å². The lowest BCUT2D eigenvalue weighted by Crippen LogP contribution is -2.20. The van der Waals surface area contributed by atoms with E-state index in [1.54, 1.807) is 0 Å². The van der Waals surface area contributed by atoms with Gasteiger partial charge in [0.15, 0.2) is 7.14 Å². The van der Waals surface area contributed by atoms with E-state index in [1.165, 1.54) is 0 Å². The van der Waals surface area contributed by atoms with Crippen LogP contribution in [0, 0.1) is 0 Å². The summed E-state index contributed by atoms with van der Waals surface area (Å²) in [6.07, 6.45) is 1.88. The number of hydrogen-bond donors (Lipinski definition) is 0. The zero-order valence-electron chi connectivity index (χ0n) is 19.7. The van der Waals surface area contributed by atoms with E-state index >= 15 is 4.57 Å². The van der Waals surface area contributed by atoms with Crippen LogP contribution in [0.1, 0.15) is 0 Å². The maximum absolute atomic E-state index is 15.1. The lowest BCUT2D eigenvalue weighted by Gasteiger charge is -2.16. The van der Waals surface area contributed by atoms with Crippen molar-refractivity contribution in [1.29, 1.82) is 0 Å². The highest BCUT2D eigenvalue weighted by Crippen LogP contribution is 2.54. The molecule has 0 aliphatic carbocycles. The Morgan fingerprint density at radius 2 is 1.41 bits per heavy atom. The molecule has 0 saturated carbocycles. The van der Waals surface area contributed by atoms with Gasteiger partial charge in [0.05, 0.1) is 16.6 Å². The van der Waals surface area contributed by atoms with Gasteiger partial charge in [0.2, 0.25) is 5.95 Å². The average Bonchev–Trinajstić information content (AvgIpc) is 3.44. The highest BCUT2D eigenvalue weighted by Gasteiger charge is 2.41. The molecule has 5 aromatic carbocycles. The standard InChI is InChI=1S/C32H20N3OP/c36-37(22-11-2-1-3-12-22)28-17-9-6-14-25(28)30-29(37)19-18-24-23-13-5-8-16-27(23)35(31(24)30)32-33-20-21-10-4-7-15-26(21)34-32/h1-20H. The molecule has 174 valence electrons. The second kappa shape index (κ2) is 7.49. The van der Waals surface area contributed by atoms with Gasteiger partial charge in [0.1, 0.15) is 0 Å². The average molecular weight is 494 g/mol. The zero-order valence-corrected chi connectivity index (χ0v) is 20.6. The number of fused-ring (bicyclic) bond motifs is 8. The summed E-state index contributed by atoms with van der Waals surface area (Å²) >= 11 is 0. The van der Waals surface area contributed by atoms with Gasteiger partial charge < -0.3 is 4.57 Å². The first-order valence-corrected chi connectivity index (χ1v) is 14.0. The van der Waals surface area contributed by atoms with Crippen molar-refractivity contribution < 1.29 is 4.57 Å². The summed E-state index contributed by atoms with van der Waals surface area (Å²) in [4.78, 5) is 9.79. The number of hydrogen-bond acceptors (Lipinski definition) is 3. The molecule has 1 unspecified atom stereocenters. The molecular weight excluding hydrogens is 473 g/mol. The molecule has 1 aliphatic rings. The highest BCUT2D eigenvalue weighted by atomic mass is 31.2. The molecule has 8 rings (SSSR count). The van der Waals surface area contributed by atoms with Gasteiger partial charge in [0.25, 0.3) is 0 Å². The summed E-state index contributed by atoms with van der Waals surface area (Å²) in [5.41, 5.74) is 4.94. The first-order valence-electron chi connectivity index (χ1n) is 12.3. The molecule has 3 heterocycles. The first-order chi connectivity index (χ1) is 18.2. The Labute approximate surface area is 213 Å². The molecule has 2 aromatic heterocycles. The molecule has 7 aromatic rings. The van der Waals surface area contributed by atoms with Gasteiger partial charge in [-0.1, -0.05) is 97.1 Å². The van der Waals surface area contributed by atoms with E-state index in [4.69, 9.17) is 9.97 Å². The number of benzene rings is 5. The fraction of sp³-hybridized carbons (Fsp3) is 0. The third kappa shape index (κ3) is 2.71. The van der Waals surface area contributed by atoms with Gasteiger partial charge in [-0.15, -0.1) is 0 Å². The van der Waals surface area contributed by atoms with Gasteiger partial charge in [0, 0.05) is 43.8 Å². The first kappa shape index (κ1) is 20.6. The number of para-hydroxylation sites is 2. The smallest absolute Gasteiger partial charge is 0.235 e. The number of aromatic nitrogens is 3. The molecule has 0 amide bonds. The Morgan fingerprint density at radius 3 is 2.32 bits per heavy atom. The summed E-state index contributed by atoms with van der Waals surface area (Å²) in [6.45, 7) is 0. The van der Waals surface area contributed by atoms with Crippen molar-refractivity contribution in [3.05, 3.63) is 121 Å². The minimum atomic E-state index is -3.05. The maximum Gasteiger partial charge on any atom is 0.235 e. The normalized spacial score (nSPS) is 16.3. The van der Waals surface area contributed by atoms with Crippen LogP contribution in [0.2, 0.25) is 0 Å². The van der Waals surface area contributed by atoms with Crippen LogP contribution in [0.25, 0.3) is 49.8 Å². The Bertz CT molecular complexity index is 2080. The third-order valence-electron chi connectivity index (χ3n) is 7.46. The van der Waals surface area contributed by atoms with Crippen molar-refractivity contribution in [2.75, 3.05) is 0 Å². The van der Waals surface area contributed by atoms with E-state index in [1.807, 2.05) is 85.1 Å². The van der Waals surface area contributed by atoms with Crippen molar-refractivity contribution in [1.82, 2.24) is 14.5 Å². The monoisotopic (exact) mass is 493 g/mol. The summed E-state index contributed by atoms with van der Waals surface area (Å²) in [7, 11) is -3.05. The predicted octanol–water partition coefficient (Wildman–Crippen LogP) is 6.35. The van der Waals surface area contributed by atoms with Crippen LogP contribution in [0.3, 0.4) is 0 Å². The van der Waals surface area contributed by atoms with Crippen molar-refractivity contribution in [2.45, 2.75) is 0 Å². The predicted molar refractivity (Wildman–Crippen MR) is 152 cm³/mol. The molecule has 37 heavy (non-hydrogen) atoms. The van der Waals surface area contributed by atoms with Gasteiger partial charge in [-0.3, -0.25) is 4.57 Å². The van der Waals surface area contributed by atoms with Crippen LogP contribution in [-0.2, 0) is 4.57 Å². The minimum Gasteiger partial charge on any atom is -0.309 e. The van der Waals surface area contributed by atoms with E-state index in [9.17, 15) is 0 Å². The zero-order chi connectivity index (χ0) is 24.6. The topological polar surface area (TPSA) is 47.8 Å². The lowest BCUT2D eigenvalue weighted by molar-refractivity contribution is 0.593. The molecule has 4 nitrogen and oxygen atoms in total. The molecule has 0 radical (unpaired) electrons. The Morgan fingerprint density at radius 1 is 0.649 bits per heavy atom. The number of rotatable bonds is 2. The van der Waals surface area contributed by atoms with Gasteiger partial charge in [-0.2, -0.15) is 0 Å². The summed E-state index contributed by atoms with van der Waals surface area (Å²) in [5.74, 6) is 0.609. The molecular formula is C32H20N3OP. The van der Waals surface area contributed by atoms with Crippen LogP contribution in [0.5, 0.6) is 0 Å². The van der Waals surface area contributed by atoms with Crippen molar-refractivity contribution in [3.8, 4) is 17.1 Å². The highest BCUT2D eigenvalue weighted by molar-refractivity contribution is 7.86. The van der Waals surface area contributed by atoms with E-state index in [0.29, 0.717) is 5.95 Å². The van der Waals surface area contributed by atoms with Crippen LogP contribution < -0.4 is 15.9 Å². The molecule has 1 aliphatic heterocycles. The second-order valence-electron chi connectivity index (χ2n) is 9.40. The van der Waals surface area contributed by atoms with E-state index in [2.05, 4.69) is 41.0 Å². The molecule has 5 heteroatoms. The second-order valence-corrected chi connectivity index (χ2v) is 12.1. The molecule has 0 bridgehead atoms. The maximum atomic E-state index is 15.1. The third-order valence-corrected chi connectivity index (χ3v) is 10.6. The van der Waals surface area contributed by atoms with Crippen LogP contribution in [0.15, 0.2) is 121 Å². The minimum absolute atomic E-state index is 0.609. The Hall–Kier alpha value is -4.53. The number of nitrogens with zero attached hydrogens (tertiary/aromatic N) is 3. The van der Waals surface area contributed by atoms with Crippen LogP contribution in [-0.4, -0.2) is 14.5 Å². The SMILES string of the molecule is O=P1(c2ccccc2)c2ccccc2-c2c1ccc1c3ccccc3n(-c3ncc4ccccc4n3)c21.